The Balaban J connectivity index is 1.92. The van der Waals surface area contributed by atoms with Crippen LogP contribution < -0.4 is 10.6 Å². The van der Waals surface area contributed by atoms with Crippen molar-refractivity contribution in [3.05, 3.63) is 29.8 Å². The van der Waals surface area contributed by atoms with Crippen molar-refractivity contribution in [3.8, 4) is 0 Å². The van der Waals surface area contributed by atoms with Crippen molar-refractivity contribution < 1.29 is 4.79 Å². The van der Waals surface area contributed by atoms with Gasteiger partial charge in [-0.1, -0.05) is 26.2 Å². The highest BCUT2D eigenvalue weighted by atomic mass is 16.1. The largest absolute Gasteiger partial charge is 0.388 e. The van der Waals surface area contributed by atoms with E-state index in [4.69, 9.17) is 0 Å². The van der Waals surface area contributed by atoms with Crippen LogP contribution in [-0.4, -0.2) is 19.0 Å². The summed E-state index contributed by atoms with van der Waals surface area (Å²) in [6, 6.07) is 7.98. The van der Waals surface area contributed by atoms with Gasteiger partial charge in [-0.3, -0.25) is 4.79 Å². The lowest BCUT2D eigenvalue weighted by atomic mass is 9.84. The minimum atomic E-state index is 0.0596. The molecular formula is C16H24N2O. The summed E-state index contributed by atoms with van der Waals surface area (Å²) >= 11 is 0. The van der Waals surface area contributed by atoms with Crippen LogP contribution in [0, 0.1) is 5.92 Å². The molecule has 0 bridgehead atoms. The molecule has 1 fully saturated rings. The summed E-state index contributed by atoms with van der Waals surface area (Å²) in [5.41, 5.74) is 1.78. The number of nitrogens with one attached hydrogen (secondary N) is 2. The van der Waals surface area contributed by atoms with Gasteiger partial charge in [0.15, 0.2) is 0 Å². The number of benzene rings is 1. The SMILES string of the molecule is CCC1CCCC(NC(=O)c2ccc(NC)cc2)C1. The number of hydrogen-bond acceptors (Lipinski definition) is 2. The van der Waals surface area contributed by atoms with Gasteiger partial charge in [0.2, 0.25) is 0 Å². The number of amides is 1. The maximum Gasteiger partial charge on any atom is 0.251 e. The number of carbonyl (C=O) groups is 1. The van der Waals surface area contributed by atoms with E-state index in [-0.39, 0.29) is 5.91 Å². The summed E-state index contributed by atoms with van der Waals surface area (Å²) in [5.74, 6) is 0.843. The van der Waals surface area contributed by atoms with Crippen LogP contribution >= 0.6 is 0 Å². The average molecular weight is 260 g/mol. The Bertz CT molecular complexity index is 413. The van der Waals surface area contributed by atoms with Crippen molar-refractivity contribution in [2.75, 3.05) is 12.4 Å². The zero-order chi connectivity index (χ0) is 13.7. The monoisotopic (exact) mass is 260 g/mol. The number of carbonyl (C=O) groups excluding carboxylic acids is 1. The van der Waals surface area contributed by atoms with Crippen molar-refractivity contribution in [1.29, 1.82) is 0 Å². The van der Waals surface area contributed by atoms with Crippen LogP contribution in [0.5, 0.6) is 0 Å². The van der Waals surface area contributed by atoms with E-state index in [0.29, 0.717) is 6.04 Å². The third-order valence-electron chi connectivity index (χ3n) is 4.13. The molecule has 1 saturated carbocycles. The number of anilines is 1. The lowest BCUT2D eigenvalue weighted by Gasteiger charge is -2.29. The van der Waals surface area contributed by atoms with E-state index < -0.39 is 0 Å². The Kier molecular flexibility index (Phi) is 4.83. The minimum Gasteiger partial charge on any atom is -0.388 e. The molecule has 1 aliphatic rings. The van der Waals surface area contributed by atoms with Crippen LogP contribution in [0.25, 0.3) is 0 Å². The van der Waals surface area contributed by atoms with Crippen LogP contribution in [0.15, 0.2) is 24.3 Å². The first-order valence-electron chi connectivity index (χ1n) is 7.31. The van der Waals surface area contributed by atoms with E-state index in [2.05, 4.69) is 17.6 Å². The van der Waals surface area contributed by atoms with Gasteiger partial charge in [-0.15, -0.1) is 0 Å². The van der Waals surface area contributed by atoms with Gasteiger partial charge in [-0.05, 0) is 43.0 Å². The van der Waals surface area contributed by atoms with Crippen molar-refractivity contribution in [2.24, 2.45) is 5.92 Å². The van der Waals surface area contributed by atoms with Crippen LogP contribution in [0.3, 0.4) is 0 Å². The lowest BCUT2D eigenvalue weighted by molar-refractivity contribution is 0.0919. The number of rotatable bonds is 4. The molecule has 3 nitrogen and oxygen atoms in total. The van der Waals surface area contributed by atoms with E-state index in [0.717, 1.165) is 30.0 Å². The summed E-state index contributed by atoms with van der Waals surface area (Å²) in [4.78, 5) is 12.2. The normalized spacial score (nSPS) is 22.8. The molecule has 1 amide bonds. The molecule has 0 aliphatic heterocycles. The average Bonchev–Trinajstić information content (AvgIpc) is 2.47. The van der Waals surface area contributed by atoms with Crippen molar-refractivity contribution in [2.45, 2.75) is 45.1 Å². The molecule has 1 aliphatic carbocycles. The van der Waals surface area contributed by atoms with Crippen LogP contribution in [0.2, 0.25) is 0 Å². The smallest absolute Gasteiger partial charge is 0.251 e. The van der Waals surface area contributed by atoms with Crippen molar-refractivity contribution in [3.63, 3.8) is 0 Å². The molecule has 0 saturated heterocycles. The maximum atomic E-state index is 12.2. The molecule has 0 spiro atoms. The van der Waals surface area contributed by atoms with Crippen LogP contribution in [-0.2, 0) is 0 Å². The second-order valence-electron chi connectivity index (χ2n) is 5.44. The highest BCUT2D eigenvalue weighted by molar-refractivity contribution is 5.94. The third-order valence-corrected chi connectivity index (χ3v) is 4.13. The predicted octanol–water partition coefficient (Wildman–Crippen LogP) is 3.43. The van der Waals surface area contributed by atoms with Gasteiger partial charge in [0, 0.05) is 24.3 Å². The van der Waals surface area contributed by atoms with E-state index in [9.17, 15) is 4.79 Å². The van der Waals surface area contributed by atoms with Gasteiger partial charge in [0.05, 0.1) is 0 Å². The Morgan fingerprint density at radius 1 is 1.26 bits per heavy atom. The molecule has 0 radical (unpaired) electrons. The summed E-state index contributed by atoms with van der Waals surface area (Å²) in [6.07, 6.45) is 6.04. The first-order valence-corrected chi connectivity index (χ1v) is 7.31. The molecule has 3 heteroatoms. The van der Waals surface area contributed by atoms with E-state index in [1.54, 1.807) is 0 Å². The standard InChI is InChI=1S/C16H24N2O/c1-3-12-5-4-6-15(11-12)18-16(19)13-7-9-14(17-2)10-8-13/h7-10,12,15,17H,3-6,11H2,1-2H3,(H,18,19). The van der Waals surface area contributed by atoms with E-state index in [1.807, 2.05) is 31.3 Å². The fourth-order valence-corrected chi connectivity index (χ4v) is 2.85. The topological polar surface area (TPSA) is 41.1 Å². The molecule has 2 unspecified atom stereocenters. The second kappa shape index (κ2) is 6.60. The summed E-state index contributed by atoms with van der Waals surface area (Å²) < 4.78 is 0. The third kappa shape index (κ3) is 3.72. The molecule has 2 atom stereocenters. The Morgan fingerprint density at radius 2 is 2.00 bits per heavy atom. The molecule has 19 heavy (non-hydrogen) atoms. The molecule has 1 aromatic carbocycles. The van der Waals surface area contributed by atoms with Gasteiger partial charge in [0.25, 0.3) is 5.91 Å². The van der Waals surface area contributed by atoms with Gasteiger partial charge in [-0.2, -0.15) is 0 Å². The number of hydrogen-bond donors (Lipinski definition) is 2. The highest BCUT2D eigenvalue weighted by Crippen LogP contribution is 2.26. The summed E-state index contributed by atoms with van der Waals surface area (Å²) in [7, 11) is 1.88. The Morgan fingerprint density at radius 3 is 2.63 bits per heavy atom. The molecule has 104 valence electrons. The summed E-state index contributed by atoms with van der Waals surface area (Å²) in [6.45, 7) is 2.24. The quantitative estimate of drug-likeness (QED) is 0.871. The zero-order valence-corrected chi connectivity index (χ0v) is 11.9. The molecule has 2 rings (SSSR count). The van der Waals surface area contributed by atoms with Crippen LogP contribution in [0.1, 0.15) is 49.4 Å². The predicted molar refractivity (Wildman–Crippen MR) is 79.5 cm³/mol. The van der Waals surface area contributed by atoms with E-state index in [1.165, 1.54) is 19.3 Å². The summed E-state index contributed by atoms with van der Waals surface area (Å²) in [5, 5.41) is 6.23. The first-order chi connectivity index (χ1) is 9.22. The highest BCUT2D eigenvalue weighted by Gasteiger charge is 2.22. The van der Waals surface area contributed by atoms with Gasteiger partial charge in [-0.25, -0.2) is 0 Å². The van der Waals surface area contributed by atoms with Gasteiger partial charge < -0.3 is 10.6 Å². The molecular weight excluding hydrogens is 236 g/mol. The van der Waals surface area contributed by atoms with Gasteiger partial charge in [0.1, 0.15) is 0 Å². The Labute approximate surface area is 115 Å². The Hall–Kier alpha value is -1.51. The maximum absolute atomic E-state index is 12.2. The minimum absolute atomic E-state index is 0.0596. The fraction of sp³-hybridized carbons (Fsp3) is 0.562. The molecule has 1 aromatic rings. The first kappa shape index (κ1) is 13.9. The zero-order valence-electron chi connectivity index (χ0n) is 11.9. The lowest BCUT2D eigenvalue weighted by Crippen LogP contribution is -2.38. The van der Waals surface area contributed by atoms with Crippen molar-refractivity contribution in [1.82, 2.24) is 5.32 Å². The molecule has 2 N–H and O–H groups in total. The van der Waals surface area contributed by atoms with Gasteiger partial charge >= 0.3 is 0 Å². The molecule has 0 heterocycles. The van der Waals surface area contributed by atoms with Crippen molar-refractivity contribution >= 4 is 11.6 Å². The fourth-order valence-electron chi connectivity index (χ4n) is 2.85. The van der Waals surface area contributed by atoms with E-state index >= 15 is 0 Å². The second-order valence-corrected chi connectivity index (χ2v) is 5.44. The molecule has 0 aromatic heterocycles. The van der Waals surface area contributed by atoms with Crippen LogP contribution in [0.4, 0.5) is 5.69 Å².